The van der Waals surface area contributed by atoms with Crippen LogP contribution in [0.1, 0.15) is 25.5 Å². The Kier molecular flexibility index (Phi) is 10.9. The van der Waals surface area contributed by atoms with Crippen LogP contribution in [0.2, 0.25) is 0 Å². The van der Waals surface area contributed by atoms with E-state index in [-0.39, 0.29) is 0 Å². The van der Waals surface area contributed by atoms with Crippen molar-refractivity contribution in [2.45, 2.75) is 32.9 Å². The van der Waals surface area contributed by atoms with Crippen LogP contribution in [-0.4, -0.2) is 61.7 Å². The van der Waals surface area contributed by atoms with Crippen molar-refractivity contribution in [3.63, 3.8) is 0 Å². The number of unbranched alkanes of at least 4 members (excludes halogenated alkanes) is 1. The Morgan fingerprint density at radius 1 is 1.05 bits per heavy atom. The largest absolute Gasteiger partial charge is 0.379 e. The lowest BCUT2D eigenvalue weighted by molar-refractivity contribution is 0.0123. The van der Waals surface area contributed by atoms with E-state index in [0.717, 1.165) is 31.7 Å². The van der Waals surface area contributed by atoms with Crippen LogP contribution in [0.25, 0.3) is 0 Å². The highest BCUT2D eigenvalue weighted by Gasteiger charge is 1.99. The van der Waals surface area contributed by atoms with Crippen molar-refractivity contribution in [2.24, 2.45) is 0 Å². The van der Waals surface area contributed by atoms with Crippen LogP contribution in [0.4, 0.5) is 0 Å². The minimum atomic E-state index is 0.590. The smallest absolute Gasteiger partial charge is 0.0964 e. The average molecular weight is 300 g/mol. The van der Waals surface area contributed by atoms with Crippen molar-refractivity contribution in [3.05, 3.63) is 11.9 Å². The highest BCUT2D eigenvalue weighted by Crippen LogP contribution is 1.92. The standard InChI is InChI=1S/C14H28N4O3/c1-3-4-6-19-8-10-21-11-9-20-7-5-18-13-14(12-15-2)16-17-18/h13,15H,3-12H2,1-2H3. The predicted octanol–water partition coefficient (Wildman–Crippen LogP) is 0.847. The summed E-state index contributed by atoms with van der Waals surface area (Å²) in [5, 5.41) is 11.1. The first-order valence-corrected chi connectivity index (χ1v) is 7.63. The molecule has 0 amide bonds. The molecule has 0 saturated carbocycles. The summed E-state index contributed by atoms with van der Waals surface area (Å²) >= 11 is 0. The van der Waals surface area contributed by atoms with Crippen molar-refractivity contribution in [1.29, 1.82) is 0 Å². The van der Waals surface area contributed by atoms with E-state index in [0.29, 0.717) is 39.6 Å². The molecule has 0 spiro atoms. The number of nitrogens with one attached hydrogen (secondary N) is 1. The fourth-order valence-corrected chi connectivity index (χ4v) is 1.66. The number of hydrogen-bond acceptors (Lipinski definition) is 6. The van der Waals surface area contributed by atoms with Crippen LogP contribution in [0, 0.1) is 0 Å². The van der Waals surface area contributed by atoms with Gasteiger partial charge in [-0.1, -0.05) is 18.6 Å². The Morgan fingerprint density at radius 2 is 1.71 bits per heavy atom. The van der Waals surface area contributed by atoms with E-state index in [1.54, 1.807) is 4.68 Å². The van der Waals surface area contributed by atoms with Gasteiger partial charge in [-0.25, -0.2) is 4.68 Å². The van der Waals surface area contributed by atoms with Crippen molar-refractivity contribution < 1.29 is 14.2 Å². The maximum absolute atomic E-state index is 5.48. The summed E-state index contributed by atoms with van der Waals surface area (Å²) in [4.78, 5) is 0. The molecular formula is C14H28N4O3. The fraction of sp³-hybridized carbons (Fsp3) is 0.857. The molecule has 0 bridgehead atoms. The lowest BCUT2D eigenvalue weighted by atomic mass is 10.4. The Bertz CT molecular complexity index is 347. The highest BCUT2D eigenvalue weighted by molar-refractivity contribution is 4.90. The second-order valence-corrected chi connectivity index (χ2v) is 4.69. The van der Waals surface area contributed by atoms with Gasteiger partial charge in [0.25, 0.3) is 0 Å². The third-order valence-electron chi connectivity index (χ3n) is 2.79. The SMILES string of the molecule is CCCCOCCOCCOCCn1cc(CNC)nn1. The van der Waals surface area contributed by atoms with Gasteiger partial charge in [-0.15, -0.1) is 5.10 Å². The van der Waals surface area contributed by atoms with Gasteiger partial charge in [-0.3, -0.25) is 0 Å². The van der Waals surface area contributed by atoms with Crippen molar-refractivity contribution in [1.82, 2.24) is 20.3 Å². The normalized spacial score (nSPS) is 11.1. The summed E-state index contributed by atoms with van der Waals surface area (Å²) in [6, 6.07) is 0. The zero-order valence-electron chi connectivity index (χ0n) is 13.2. The van der Waals surface area contributed by atoms with E-state index in [1.807, 2.05) is 13.2 Å². The van der Waals surface area contributed by atoms with Gasteiger partial charge in [0.15, 0.2) is 0 Å². The lowest BCUT2D eigenvalue weighted by Gasteiger charge is -2.06. The lowest BCUT2D eigenvalue weighted by Crippen LogP contribution is -2.12. The van der Waals surface area contributed by atoms with Gasteiger partial charge in [-0.2, -0.15) is 0 Å². The number of nitrogens with zero attached hydrogens (tertiary/aromatic N) is 3. The van der Waals surface area contributed by atoms with Gasteiger partial charge in [0, 0.05) is 19.3 Å². The van der Waals surface area contributed by atoms with E-state index in [4.69, 9.17) is 14.2 Å². The molecule has 1 rings (SSSR count). The maximum atomic E-state index is 5.48. The molecule has 1 aromatic rings. The molecule has 7 nitrogen and oxygen atoms in total. The second kappa shape index (κ2) is 12.7. The number of hydrogen-bond donors (Lipinski definition) is 1. The quantitative estimate of drug-likeness (QED) is 0.514. The first-order chi connectivity index (χ1) is 10.4. The minimum absolute atomic E-state index is 0.590. The van der Waals surface area contributed by atoms with Gasteiger partial charge in [0.1, 0.15) is 0 Å². The molecule has 0 aliphatic rings. The molecular weight excluding hydrogens is 272 g/mol. The summed E-state index contributed by atoms with van der Waals surface area (Å²) in [6.45, 7) is 7.50. The second-order valence-electron chi connectivity index (χ2n) is 4.69. The number of aromatic nitrogens is 3. The molecule has 1 N–H and O–H groups in total. The summed E-state index contributed by atoms with van der Waals surface area (Å²) in [5.41, 5.74) is 0.934. The van der Waals surface area contributed by atoms with Crippen LogP contribution in [0.15, 0.2) is 6.20 Å². The topological polar surface area (TPSA) is 70.4 Å². The Morgan fingerprint density at radius 3 is 2.38 bits per heavy atom. The van der Waals surface area contributed by atoms with Gasteiger partial charge in [-0.05, 0) is 13.5 Å². The van der Waals surface area contributed by atoms with Crippen LogP contribution < -0.4 is 5.32 Å². The fourth-order valence-electron chi connectivity index (χ4n) is 1.66. The van der Waals surface area contributed by atoms with Crippen LogP contribution in [-0.2, 0) is 27.3 Å². The molecule has 0 aliphatic carbocycles. The van der Waals surface area contributed by atoms with Crippen LogP contribution in [0.5, 0.6) is 0 Å². The van der Waals surface area contributed by atoms with E-state index in [1.165, 1.54) is 0 Å². The van der Waals surface area contributed by atoms with E-state index in [2.05, 4.69) is 22.6 Å². The monoisotopic (exact) mass is 300 g/mol. The molecule has 0 unspecified atom stereocenters. The molecule has 122 valence electrons. The molecule has 0 aliphatic heterocycles. The molecule has 1 aromatic heterocycles. The Labute approximate surface area is 126 Å². The number of ether oxygens (including phenoxy) is 3. The Balaban J connectivity index is 1.86. The third-order valence-corrected chi connectivity index (χ3v) is 2.79. The molecule has 0 atom stereocenters. The van der Waals surface area contributed by atoms with Crippen molar-refractivity contribution in [3.8, 4) is 0 Å². The zero-order chi connectivity index (χ0) is 15.2. The van der Waals surface area contributed by atoms with E-state index >= 15 is 0 Å². The number of rotatable bonds is 14. The van der Waals surface area contributed by atoms with Gasteiger partial charge < -0.3 is 19.5 Å². The zero-order valence-corrected chi connectivity index (χ0v) is 13.2. The molecule has 1 heterocycles. The highest BCUT2D eigenvalue weighted by atomic mass is 16.5. The Hall–Kier alpha value is -1.02. The van der Waals surface area contributed by atoms with Crippen LogP contribution >= 0.6 is 0 Å². The maximum Gasteiger partial charge on any atom is 0.0964 e. The van der Waals surface area contributed by atoms with E-state index < -0.39 is 0 Å². The van der Waals surface area contributed by atoms with Gasteiger partial charge >= 0.3 is 0 Å². The summed E-state index contributed by atoms with van der Waals surface area (Å²) < 4.78 is 18.1. The average Bonchev–Trinajstić information content (AvgIpc) is 2.93. The predicted molar refractivity (Wildman–Crippen MR) is 80.2 cm³/mol. The van der Waals surface area contributed by atoms with Crippen LogP contribution in [0.3, 0.4) is 0 Å². The summed E-state index contributed by atoms with van der Waals surface area (Å²) in [7, 11) is 1.89. The minimum Gasteiger partial charge on any atom is -0.379 e. The molecule has 0 saturated heterocycles. The molecule has 0 aromatic carbocycles. The molecule has 0 fully saturated rings. The molecule has 21 heavy (non-hydrogen) atoms. The third kappa shape index (κ3) is 9.52. The van der Waals surface area contributed by atoms with E-state index in [9.17, 15) is 0 Å². The van der Waals surface area contributed by atoms with Gasteiger partial charge in [0.05, 0.1) is 45.3 Å². The van der Waals surface area contributed by atoms with Gasteiger partial charge in [0.2, 0.25) is 0 Å². The summed E-state index contributed by atoms with van der Waals surface area (Å²) in [5.74, 6) is 0. The van der Waals surface area contributed by atoms with Crippen molar-refractivity contribution in [2.75, 3.05) is 46.7 Å². The van der Waals surface area contributed by atoms with Crippen molar-refractivity contribution >= 4 is 0 Å². The first-order valence-electron chi connectivity index (χ1n) is 7.63. The summed E-state index contributed by atoms with van der Waals surface area (Å²) in [6.07, 6.45) is 4.20. The molecule has 7 heteroatoms. The first kappa shape index (κ1) is 18.0. The molecule has 0 radical (unpaired) electrons.